The van der Waals surface area contributed by atoms with Crippen molar-refractivity contribution in [1.82, 2.24) is 28.7 Å². The molecule has 10 aromatic carbocycles. The van der Waals surface area contributed by atoms with Gasteiger partial charge >= 0.3 is 0 Å². The van der Waals surface area contributed by atoms with Crippen molar-refractivity contribution in [3.8, 4) is 51.2 Å². The first-order chi connectivity index (χ1) is 37.7. The first-order valence-electron chi connectivity index (χ1n) is 26.0. The van der Waals surface area contributed by atoms with Crippen LogP contribution in [0.4, 0.5) is 11.4 Å². The molecule has 2 aliphatic rings. The summed E-state index contributed by atoms with van der Waals surface area (Å²) in [6.07, 6.45) is 9.07. The molecular weight excluding hydrogens is 927 g/mol. The van der Waals surface area contributed by atoms with Crippen LogP contribution >= 0.6 is 0 Å². The summed E-state index contributed by atoms with van der Waals surface area (Å²) in [4.78, 5) is 18.4. The van der Waals surface area contributed by atoms with E-state index in [4.69, 9.17) is 15.0 Å². The fraction of sp³-hybridized carbons (Fsp3) is 0.0290. The Kier molecular flexibility index (Phi) is 9.32. The predicted molar refractivity (Wildman–Crippen MR) is 313 cm³/mol. The predicted octanol–water partition coefficient (Wildman–Crippen LogP) is 16.9. The number of anilines is 2. The molecule has 2 unspecified atom stereocenters. The molecule has 0 radical (unpaired) electrons. The average Bonchev–Trinajstić information content (AvgIpc) is 4.35. The number of rotatable bonds is 7. The van der Waals surface area contributed by atoms with Gasteiger partial charge in [-0.1, -0.05) is 182 Å². The van der Waals surface area contributed by atoms with E-state index in [1.165, 1.54) is 60.3 Å². The second kappa shape index (κ2) is 16.7. The average molecular weight is 972 g/mol. The fourth-order valence-electron chi connectivity index (χ4n) is 12.6. The number of fused-ring (bicyclic) bond motifs is 12. The second-order valence-electron chi connectivity index (χ2n) is 19.9. The van der Waals surface area contributed by atoms with Crippen LogP contribution in [0.15, 0.2) is 261 Å². The quantitative estimate of drug-likeness (QED) is 0.160. The molecule has 4 aromatic heterocycles. The van der Waals surface area contributed by atoms with Crippen molar-refractivity contribution >= 4 is 76.8 Å². The van der Waals surface area contributed by atoms with Gasteiger partial charge in [-0.15, -0.1) is 0 Å². The lowest BCUT2D eigenvalue weighted by molar-refractivity contribution is 0.746. The first-order valence-corrected chi connectivity index (χ1v) is 26.0. The number of hydrogen-bond acceptors (Lipinski definition) is 4. The maximum absolute atomic E-state index is 5.36. The normalized spacial score (nSPS) is 15.0. The number of para-hydroxylation sites is 5. The van der Waals surface area contributed by atoms with E-state index in [9.17, 15) is 0 Å². The Morgan fingerprint density at radius 1 is 0.303 bits per heavy atom. The standard InChI is InChI=1S/C69H45N7/c1-2-20-44(21-3-1)67-70-68(45-22-16-24-47(42-45)73-59-36-14-8-30-53(59)65-61(73)38-18-40-63(65)75-55-32-10-4-26-49(55)50-27-5-11-33-56(50)75)72-69(71-67)46-23-17-25-48(43-46)74-60-37-15-9-31-54(60)66-62(74)39-19-41-64(66)76-57-34-12-6-28-51(57)52-29-7-13-35-58(52)76/h1-43,49,55H. The van der Waals surface area contributed by atoms with Crippen molar-refractivity contribution in [3.63, 3.8) is 0 Å². The third-order valence-corrected chi connectivity index (χ3v) is 15.8. The maximum atomic E-state index is 5.36. The van der Waals surface area contributed by atoms with Gasteiger partial charge in [0.2, 0.25) is 0 Å². The van der Waals surface area contributed by atoms with E-state index in [0.29, 0.717) is 17.5 Å². The Morgan fingerprint density at radius 3 is 1.33 bits per heavy atom. The minimum Gasteiger partial charge on any atom is -0.333 e. The Balaban J connectivity index is 0.847. The molecule has 76 heavy (non-hydrogen) atoms. The Hall–Kier alpha value is -10.1. The Labute approximate surface area is 437 Å². The number of hydrogen-bond donors (Lipinski definition) is 0. The molecule has 0 saturated heterocycles. The molecule has 16 rings (SSSR count). The maximum Gasteiger partial charge on any atom is 0.164 e. The Bertz CT molecular complexity index is 4690. The fourth-order valence-corrected chi connectivity index (χ4v) is 12.6. The number of benzene rings is 10. The van der Waals surface area contributed by atoms with Gasteiger partial charge in [-0.05, 0) is 84.4 Å². The van der Waals surface area contributed by atoms with E-state index >= 15 is 0 Å². The summed E-state index contributed by atoms with van der Waals surface area (Å²) >= 11 is 0. The molecule has 1 aliphatic heterocycles. The van der Waals surface area contributed by atoms with Gasteiger partial charge in [0.15, 0.2) is 17.5 Å². The monoisotopic (exact) mass is 971 g/mol. The molecule has 0 saturated carbocycles. The third-order valence-electron chi connectivity index (χ3n) is 15.8. The summed E-state index contributed by atoms with van der Waals surface area (Å²) in [6, 6.07) is 85.0. The van der Waals surface area contributed by atoms with Crippen LogP contribution in [0.5, 0.6) is 0 Å². The minimum atomic E-state index is 0.183. The third kappa shape index (κ3) is 6.32. The van der Waals surface area contributed by atoms with E-state index in [1.54, 1.807) is 0 Å². The molecule has 5 heterocycles. The van der Waals surface area contributed by atoms with Crippen LogP contribution in [0.25, 0.3) is 117 Å². The molecule has 0 amide bonds. The van der Waals surface area contributed by atoms with Crippen molar-refractivity contribution in [2.75, 3.05) is 4.90 Å². The molecule has 2 atom stereocenters. The van der Waals surface area contributed by atoms with Crippen LogP contribution < -0.4 is 4.90 Å². The van der Waals surface area contributed by atoms with Gasteiger partial charge in [-0.25, -0.2) is 15.0 Å². The van der Waals surface area contributed by atoms with Crippen molar-refractivity contribution in [1.29, 1.82) is 0 Å². The molecular formula is C69H45N7. The molecule has 0 N–H and O–H groups in total. The smallest absolute Gasteiger partial charge is 0.164 e. The van der Waals surface area contributed by atoms with Gasteiger partial charge in [0, 0.05) is 72.0 Å². The number of allylic oxidation sites excluding steroid dienone is 2. The van der Waals surface area contributed by atoms with E-state index in [-0.39, 0.29) is 12.0 Å². The van der Waals surface area contributed by atoms with Crippen LogP contribution in [0.3, 0.4) is 0 Å². The lowest BCUT2D eigenvalue weighted by atomic mass is 9.91. The van der Waals surface area contributed by atoms with Crippen molar-refractivity contribution < 1.29 is 0 Å². The highest BCUT2D eigenvalue weighted by Gasteiger charge is 2.38. The highest BCUT2D eigenvalue weighted by atomic mass is 15.2. The SMILES string of the molecule is C1=CC2c3ccccc3N(c3cccc4c3c3ccccc3n4-c3cccc(-c4nc(-c5ccccc5)nc(-c5cccc(-n6c7ccccc7c7c(-n8c9ccccc9c9ccccc98)cccc76)c5)n4)c3)C2C=C1. The molecule has 0 fully saturated rings. The van der Waals surface area contributed by atoms with Crippen LogP contribution in [0.1, 0.15) is 11.5 Å². The van der Waals surface area contributed by atoms with Gasteiger partial charge in [0.25, 0.3) is 0 Å². The van der Waals surface area contributed by atoms with E-state index in [0.717, 1.165) is 55.8 Å². The van der Waals surface area contributed by atoms with Gasteiger partial charge < -0.3 is 18.6 Å². The van der Waals surface area contributed by atoms with Crippen LogP contribution in [0.2, 0.25) is 0 Å². The Morgan fingerprint density at radius 2 is 0.724 bits per heavy atom. The molecule has 14 aromatic rings. The zero-order valence-corrected chi connectivity index (χ0v) is 41.1. The molecule has 0 spiro atoms. The summed E-state index contributed by atoms with van der Waals surface area (Å²) in [5.74, 6) is 2.10. The van der Waals surface area contributed by atoms with Gasteiger partial charge in [0.05, 0.1) is 50.5 Å². The zero-order valence-electron chi connectivity index (χ0n) is 41.1. The minimum absolute atomic E-state index is 0.183. The lowest BCUT2D eigenvalue weighted by Crippen LogP contribution is -2.28. The van der Waals surface area contributed by atoms with Crippen LogP contribution in [-0.2, 0) is 0 Å². The topological polar surface area (TPSA) is 56.7 Å². The van der Waals surface area contributed by atoms with Crippen LogP contribution in [0, 0.1) is 0 Å². The summed E-state index contributed by atoms with van der Waals surface area (Å²) in [7, 11) is 0. The molecule has 7 heteroatoms. The van der Waals surface area contributed by atoms with Crippen LogP contribution in [-0.4, -0.2) is 34.7 Å². The molecule has 7 nitrogen and oxygen atoms in total. The second-order valence-corrected chi connectivity index (χ2v) is 19.9. The van der Waals surface area contributed by atoms with Crippen molar-refractivity contribution in [2.45, 2.75) is 12.0 Å². The zero-order chi connectivity index (χ0) is 49.8. The van der Waals surface area contributed by atoms with Gasteiger partial charge in [0.1, 0.15) is 0 Å². The largest absolute Gasteiger partial charge is 0.333 e. The molecule has 1 aliphatic carbocycles. The molecule has 356 valence electrons. The highest BCUT2D eigenvalue weighted by molar-refractivity contribution is 6.18. The lowest BCUT2D eigenvalue weighted by Gasteiger charge is -2.29. The van der Waals surface area contributed by atoms with Gasteiger partial charge in [-0.3, -0.25) is 0 Å². The van der Waals surface area contributed by atoms with Crippen molar-refractivity contribution in [3.05, 3.63) is 266 Å². The van der Waals surface area contributed by atoms with E-state index in [2.05, 4.69) is 261 Å². The number of nitrogens with zero attached hydrogens (tertiary/aromatic N) is 7. The first kappa shape index (κ1) is 42.4. The summed E-state index contributed by atoms with van der Waals surface area (Å²) in [5.41, 5.74) is 16.6. The number of aromatic nitrogens is 6. The summed E-state index contributed by atoms with van der Waals surface area (Å²) in [5, 5.41) is 7.28. The van der Waals surface area contributed by atoms with Gasteiger partial charge in [-0.2, -0.15) is 0 Å². The summed E-state index contributed by atoms with van der Waals surface area (Å²) < 4.78 is 7.21. The van der Waals surface area contributed by atoms with E-state index < -0.39 is 0 Å². The highest BCUT2D eigenvalue weighted by Crippen LogP contribution is 2.51. The van der Waals surface area contributed by atoms with Crippen molar-refractivity contribution in [2.24, 2.45) is 0 Å². The van der Waals surface area contributed by atoms with E-state index in [1.807, 2.05) is 18.2 Å². The molecule has 0 bridgehead atoms. The summed E-state index contributed by atoms with van der Waals surface area (Å²) in [6.45, 7) is 0.